The molecule has 0 radical (unpaired) electrons. The highest BCUT2D eigenvalue weighted by atomic mass is 32.2. The van der Waals surface area contributed by atoms with E-state index in [0.29, 0.717) is 10.8 Å². The van der Waals surface area contributed by atoms with E-state index in [-0.39, 0.29) is 0 Å². The second-order valence-corrected chi connectivity index (χ2v) is 11.4. The van der Waals surface area contributed by atoms with E-state index < -0.39 is 0 Å². The third kappa shape index (κ3) is 5.01. The Morgan fingerprint density at radius 2 is 1.03 bits per heavy atom. The molecule has 0 saturated carbocycles. The molecule has 0 N–H and O–H groups in total. The van der Waals surface area contributed by atoms with Crippen LogP contribution >= 0.6 is 35.3 Å². The fourth-order valence-corrected chi connectivity index (χ4v) is 7.35. The molecule has 156 valence electrons. The topological polar surface area (TPSA) is 18.5 Å². The summed E-state index contributed by atoms with van der Waals surface area (Å²) in [6, 6.07) is 17.7. The molecule has 0 unspecified atom stereocenters. The van der Waals surface area contributed by atoms with E-state index in [9.17, 15) is 0 Å². The zero-order valence-electron chi connectivity index (χ0n) is 17.3. The third-order valence-corrected chi connectivity index (χ3v) is 10.4. The fraction of sp³-hybridized carbons (Fsp3) is 0.500. The largest absolute Gasteiger partial charge is 0.380 e. The number of hydrogen-bond acceptors (Lipinski definition) is 5. The van der Waals surface area contributed by atoms with Crippen molar-refractivity contribution in [1.82, 2.24) is 0 Å². The van der Waals surface area contributed by atoms with E-state index >= 15 is 0 Å². The van der Waals surface area contributed by atoms with Gasteiger partial charge in [0.2, 0.25) is 0 Å². The quantitative estimate of drug-likeness (QED) is 0.369. The Morgan fingerprint density at radius 1 is 0.655 bits per heavy atom. The molecule has 0 aliphatic carbocycles. The number of rotatable bonds is 10. The molecule has 0 spiro atoms. The molecule has 2 fully saturated rings. The fourth-order valence-electron chi connectivity index (χ4n) is 3.45. The Bertz CT molecular complexity index is 737. The molecular weight excluding hydrogens is 416 g/mol. The Kier molecular flexibility index (Phi) is 7.23. The van der Waals surface area contributed by atoms with Crippen LogP contribution in [0.1, 0.15) is 26.7 Å². The lowest BCUT2D eigenvalue weighted by Crippen LogP contribution is -2.44. The van der Waals surface area contributed by atoms with Crippen LogP contribution in [0, 0.1) is 10.8 Å². The summed E-state index contributed by atoms with van der Waals surface area (Å²) < 4.78 is 11.0. The Labute approximate surface area is 187 Å². The van der Waals surface area contributed by atoms with Gasteiger partial charge in [-0.1, -0.05) is 49.9 Å². The predicted molar refractivity (Wildman–Crippen MR) is 126 cm³/mol. The Hall–Kier alpha value is -0.590. The van der Waals surface area contributed by atoms with Gasteiger partial charge in [-0.15, -0.1) is 23.5 Å². The molecule has 2 aliphatic rings. The molecule has 2 nitrogen and oxygen atoms in total. The summed E-state index contributed by atoms with van der Waals surface area (Å²) in [4.78, 5) is 5.48. The summed E-state index contributed by atoms with van der Waals surface area (Å²) in [5, 5.41) is 0. The van der Waals surface area contributed by atoms with Crippen LogP contribution in [0.4, 0.5) is 0 Å². The molecule has 0 aromatic heterocycles. The SMILES string of the molecule is CCC1(CSc2ccccc2Sc2ccccc2SCC2(CC)COC2)COC1. The van der Waals surface area contributed by atoms with Gasteiger partial charge >= 0.3 is 0 Å². The van der Waals surface area contributed by atoms with Crippen LogP contribution in [0.25, 0.3) is 0 Å². The maximum Gasteiger partial charge on any atom is 0.0552 e. The maximum absolute atomic E-state index is 5.51. The van der Waals surface area contributed by atoms with Gasteiger partial charge < -0.3 is 9.47 Å². The van der Waals surface area contributed by atoms with Gasteiger partial charge in [0, 0.05) is 41.9 Å². The average Bonchev–Trinajstić information content (AvgIpc) is 2.69. The summed E-state index contributed by atoms with van der Waals surface area (Å²) in [6.45, 7) is 8.21. The first-order valence-electron chi connectivity index (χ1n) is 10.4. The van der Waals surface area contributed by atoms with E-state index in [0.717, 1.165) is 37.9 Å². The minimum absolute atomic E-state index is 0.371. The van der Waals surface area contributed by atoms with Gasteiger partial charge in [-0.25, -0.2) is 0 Å². The van der Waals surface area contributed by atoms with Gasteiger partial charge in [-0.05, 0) is 37.1 Å². The molecule has 0 bridgehead atoms. The molecule has 2 aromatic rings. The van der Waals surface area contributed by atoms with Crippen LogP contribution in [0.15, 0.2) is 68.1 Å². The maximum atomic E-state index is 5.51. The van der Waals surface area contributed by atoms with Crippen LogP contribution < -0.4 is 0 Å². The highest BCUT2D eigenvalue weighted by Gasteiger charge is 2.37. The van der Waals surface area contributed by atoms with Crippen molar-refractivity contribution in [3.63, 3.8) is 0 Å². The standard InChI is InChI=1S/C24H30O2S3/c1-3-23(13-25-14-23)17-27-19-9-5-7-11-21(19)29-22-12-8-6-10-20(22)28-18-24(4-2)15-26-16-24/h5-12H,3-4,13-18H2,1-2H3. The smallest absolute Gasteiger partial charge is 0.0552 e. The van der Waals surface area contributed by atoms with Crippen molar-refractivity contribution in [2.45, 2.75) is 46.3 Å². The lowest BCUT2D eigenvalue weighted by molar-refractivity contribution is -0.0994. The second kappa shape index (κ2) is 9.69. The average molecular weight is 447 g/mol. The predicted octanol–water partition coefficient (Wildman–Crippen LogP) is 6.88. The number of thioether (sulfide) groups is 2. The molecule has 0 atom stereocenters. The van der Waals surface area contributed by atoms with Crippen LogP contribution in [0.3, 0.4) is 0 Å². The van der Waals surface area contributed by atoms with Crippen molar-refractivity contribution in [3.8, 4) is 0 Å². The zero-order valence-corrected chi connectivity index (χ0v) is 19.8. The van der Waals surface area contributed by atoms with Gasteiger partial charge in [0.25, 0.3) is 0 Å². The molecule has 0 amide bonds. The minimum atomic E-state index is 0.371. The summed E-state index contributed by atoms with van der Waals surface area (Å²) in [6.07, 6.45) is 2.38. The molecule has 2 aliphatic heterocycles. The van der Waals surface area contributed by atoms with Crippen molar-refractivity contribution in [2.24, 2.45) is 10.8 Å². The first kappa shape index (κ1) is 21.6. The van der Waals surface area contributed by atoms with E-state index in [1.54, 1.807) is 0 Å². The molecule has 4 rings (SSSR count). The summed E-state index contributed by atoms with van der Waals surface area (Å²) in [7, 11) is 0. The van der Waals surface area contributed by atoms with Gasteiger partial charge in [0.05, 0.1) is 26.4 Å². The first-order chi connectivity index (χ1) is 14.2. The van der Waals surface area contributed by atoms with Crippen LogP contribution in [-0.2, 0) is 9.47 Å². The zero-order chi connectivity index (χ0) is 20.2. The van der Waals surface area contributed by atoms with E-state index in [4.69, 9.17) is 9.47 Å². The van der Waals surface area contributed by atoms with Crippen LogP contribution in [0.2, 0.25) is 0 Å². The van der Waals surface area contributed by atoms with Gasteiger partial charge in [0.1, 0.15) is 0 Å². The molecule has 2 saturated heterocycles. The Morgan fingerprint density at radius 3 is 1.34 bits per heavy atom. The monoisotopic (exact) mass is 446 g/mol. The van der Waals surface area contributed by atoms with Gasteiger partial charge in [0.15, 0.2) is 0 Å². The molecule has 2 aromatic carbocycles. The normalized spacial score (nSPS) is 19.4. The van der Waals surface area contributed by atoms with Crippen molar-refractivity contribution >= 4 is 35.3 Å². The molecule has 2 heterocycles. The van der Waals surface area contributed by atoms with E-state index in [1.165, 1.54) is 32.4 Å². The van der Waals surface area contributed by atoms with Gasteiger partial charge in [-0.2, -0.15) is 0 Å². The van der Waals surface area contributed by atoms with E-state index in [2.05, 4.69) is 62.4 Å². The number of benzene rings is 2. The second-order valence-electron chi connectivity index (χ2n) is 8.27. The molecule has 29 heavy (non-hydrogen) atoms. The minimum Gasteiger partial charge on any atom is -0.380 e. The summed E-state index contributed by atoms with van der Waals surface area (Å²) in [5.41, 5.74) is 0.741. The molecule has 5 heteroatoms. The van der Waals surface area contributed by atoms with E-state index in [1.807, 2.05) is 35.3 Å². The Balaban J connectivity index is 1.45. The van der Waals surface area contributed by atoms with Crippen molar-refractivity contribution in [2.75, 3.05) is 37.9 Å². The highest BCUT2D eigenvalue weighted by Crippen LogP contribution is 2.44. The lowest BCUT2D eigenvalue weighted by atomic mass is 9.86. The van der Waals surface area contributed by atoms with Crippen molar-refractivity contribution < 1.29 is 9.47 Å². The lowest BCUT2D eigenvalue weighted by Gasteiger charge is -2.40. The number of hydrogen-bond donors (Lipinski definition) is 0. The van der Waals surface area contributed by atoms with Crippen molar-refractivity contribution in [3.05, 3.63) is 48.5 Å². The van der Waals surface area contributed by atoms with Gasteiger partial charge in [-0.3, -0.25) is 0 Å². The highest BCUT2D eigenvalue weighted by molar-refractivity contribution is 8.03. The van der Waals surface area contributed by atoms with Crippen molar-refractivity contribution in [1.29, 1.82) is 0 Å². The number of ether oxygens (including phenoxy) is 2. The van der Waals surface area contributed by atoms with Crippen LogP contribution in [0.5, 0.6) is 0 Å². The summed E-state index contributed by atoms with van der Waals surface area (Å²) in [5.74, 6) is 2.27. The van der Waals surface area contributed by atoms with Crippen LogP contribution in [-0.4, -0.2) is 37.9 Å². The first-order valence-corrected chi connectivity index (χ1v) is 13.2. The third-order valence-electron chi connectivity index (χ3n) is 6.12. The summed E-state index contributed by atoms with van der Waals surface area (Å²) >= 11 is 5.88. The molecular formula is C24H30O2S3.